The zero-order valence-electron chi connectivity index (χ0n) is 10.4. The highest BCUT2D eigenvalue weighted by Gasteiger charge is 2.20. The molecule has 1 aromatic carbocycles. The Hall–Kier alpha value is -0.510. The highest BCUT2D eigenvalue weighted by Crippen LogP contribution is 2.25. The van der Waals surface area contributed by atoms with E-state index in [1.54, 1.807) is 0 Å². The van der Waals surface area contributed by atoms with Crippen LogP contribution in [0.2, 0.25) is 0 Å². The van der Waals surface area contributed by atoms with Gasteiger partial charge in [-0.05, 0) is 29.7 Å². The third kappa shape index (κ3) is 3.73. The summed E-state index contributed by atoms with van der Waals surface area (Å²) in [7, 11) is 0. The second-order valence-corrected chi connectivity index (χ2v) is 6.17. The smallest absolute Gasteiger partial charge is 0.0681 e. The average molecular weight is 251 g/mol. The molecule has 1 fully saturated rings. The van der Waals surface area contributed by atoms with E-state index in [9.17, 15) is 0 Å². The van der Waals surface area contributed by atoms with E-state index in [4.69, 9.17) is 5.11 Å². The van der Waals surface area contributed by atoms with Crippen molar-refractivity contribution in [3.05, 3.63) is 35.4 Å². The third-order valence-electron chi connectivity index (χ3n) is 3.38. The van der Waals surface area contributed by atoms with Gasteiger partial charge in [0.05, 0.1) is 6.61 Å². The van der Waals surface area contributed by atoms with Crippen LogP contribution in [0.3, 0.4) is 0 Å². The van der Waals surface area contributed by atoms with E-state index in [-0.39, 0.29) is 6.61 Å². The van der Waals surface area contributed by atoms with Crippen LogP contribution in [-0.2, 0) is 13.2 Å². The van der Waals surface area contributed by atoms with Gasteiger partial charge in [0, 0.05) is 17.8 Å². The molecule has 0 saturated carbocycles. The lowest BCUT2D eigenvalue weighted by Gasteiger charge is -2.29. The zero-order valence-corrected chi connectivity index (χ0v) is 11.2. The van der Waals surface area contributed by atoms with Gasteiger partial charge in [-0.15, -0.1) is 0 Å². The molecule has 1 aliphatic rings. The molecular weight excluding hydrogens is 230 g/mol. The number of nitrogens with one attached hydrogen (secondary N) is 1. The number of benzene rings is 1. The van der Waals surface area contributed by atoms with Crippen LogP contribution in [0.5, 0.6) is 0 Å². The number of hydrogen-bond acceptors (Lipinski definition) is 3. The van der Waals surface area contributed by atoms with Crippen LogP contribution in [0.15, 0.2) is 24.3 Å². The number of rotatable bonds is 4. The maximum atomic E-state index is 8.98. The largest absolute Gasteiger partial charge is 0.392 e. The number of thioether (sulfide) groups is 1. The Morgan fingerprint density at radius 2 is 2.00 bits per heavy atom. The summed E-state index contributed by atoms with van der Waals surface area (Å²) in [5, 5.41) is 13.3. The van der Waals surface area contributed by atoms with Gasteiger partial charge in [-0.1, -0.05) is 31.2 Å². The molecule has 1 aliphatic heterocycles. The summed E-state index contributed by atoms with van der Waals surface area (Å²) in [6.07, 6.45) is 2.62. The van der Waals surface area contributed by atoms with Gasteiger partial charge in [0.1, 0.15) is 0 Å². The monoisotopic (exact) mass is 251 g/mol. The minimum atomic E-state index is 0.129. The highest BCUT2D eigenvalue weighted by molar-refractivity contribution is 7.99. The fourth-order valence-electron chi connectivity index (χ4n) is 2.20. The Bertz CT molecular complexity index is 339. The number of hydrogen-bond donors (Lipinski definition) is 2. The van der Waals surface area contributed by atoms with Crippen molar-refractivity contribution in [2.75, 3.05) is 5.75 Å². The molecule has 0 amide bonds. The Kier molecular flexibility index (Phi) is 4.89. The Balaban J connectivity index is 1.84. The maximum Gasteiger partial charge on any atom is 0.0681 e. The molecule has 2 N–H and O–H groups in total. The summed E-state index contributed by atoms with van der Waals surface area (Å²) in [4.78, 5) is 0. The topological polar surface area (TPSA) is 32.3 Å². The molecule has 0 bridgehead atoms. The van der Waals surface area contributed by atoms with Gasteiger partial charge in [0.2, 0.25) is 0 Å². The first-order valence-electron chi connectivity index (χ1n) is 6.33. The summed E-state index contributed by atoms with van der Waals surface area (Å²) in [6.45, 7) is 3.38. The Morgan fingerprint density at radius 1 is 1.29 bits per heavy atom. The summed E-state index contributed by atoms with van der Waals surface area (Å²) in [5.74, 6) is 1.31. The molecule has 17 heavy (non-hydrogen) atoms. The maximum absolute atomic E-state index is 8.98. The van der Waals surface area contributed by atoms with Crippen LogP contribution >= 0.6 is 11.8 Å². The Labute approximate surface area is 108 Å². The van der Waals surface area contributed by atoms with Gasteiger partial charge in [-0.2, -0.15) is 11.8 Å². The fourth-order valence-corrected chi connectivity index (χ4v) is 3.37. The molecule has 2 rings (SSSR count). The standard InChI is InChI=1S/C14H21NOS/c1-11-14(3-2-8-17-11)15-9-12-4-6-13(10-16)7-5-12/h4-7,11,14-16H,2-3,8-10H2,1H3. The van der Waals surface area contributed by atoms with E-state index in [1.165, 1.54) is 24.2 Å². The first kappa shape index (κ1) is 12.9. The molecule has 2 unspecified atom stereocenters. The van der Waals surface area contributed by atoms with Crippen LogP contribution in [0.4, 0.5) is 0 Å². The molecule has 2 atom stereocenters. The molecule has 1 heterocycles. The van der Waals surface area contributed by atoms with E-state index in [1.807, 2.05) is 12.1 Å². The van der Waals surface area contributed by atoms with Gasteiger partial charge in [-0.25, -0.2) is 0 Å². The molecule has 1 saturated heterocycles. The fraction of sp³-hybridized carbons (Fsp3) is 0.571. The van der Waals surface area contributed by atoms with Gasteiger partial charge in [0.15, 0.2) is 0 Å². The van der Waals surface area contributed by atoms with Crippen LogP contribution in [0.25, 0.3) is 0 Å². The number of aliphatic hydroxyl groups is 1. The summed E-state index contributed by atoms with van der Waals surface area (Å²) >= 11 is 2.07. The van der Waals surface area contributed by atoms with Crippen LogP contribution in [0, 0.1) is 0 Å². The predicted octanol–water partition coefficient (Wildman–Crippen LogP) is 2.55. The van der Waals surface area contributed by atoms with Crippen molar-refractivity contribution in [3.63, 3.8) is 0 Å². The molecule has 0 aliphatic carbocycles. The Morgan fingerprint density at radius 3 is 2.65 bits per heavy atom. The van der Waals surface area contributed by atoms with Crippen molar-refractivity contribution >= 4 is 11.8 Å². The van der Waals surface area contributed by atoms with Crippen molar-refractivity contribution in [3.8, 4) is 0 Å². The minimum absolute atomic E-state index is 0.129. The second-order valence-electron chi connectivity index (χ2n) is 4.68. The molecular formula is C14H21NOS. The van der Waals surface area contributed by atoms with Crippen molar-refractivity contribution in [1.82, 2.24) is 5.32 Å². The quantitative estimate of drug-likeness (QED) is 0.862. The van der Waals surface area contributed by atoms with Crippen LogP contribution < -0.4 is 5.32 Å². The van der Waals surface area contributed by atoms with Gasteiger partial charge in [-0.3, -0.25) is 0 Å². The molecule has 1 aromatic rings. The lowest BCUT2D eigenvalue weighted by Crippen LogP contribution is -2.38. The number of aliphatic hydroxyl groups excluding tert-OH is 1. The second kappa shape index (κ2) is 6.43. The van der Waals surface area contributed by atoms with E-state index in [2.05, 4.69) is 36.1 Å². The van der Waals surface area contributed by atoms with Gasteiger partial charge < -0.3 is 10.4 Å². The summed E-state index contributed by atoms with van der Waals surface area (Å²) < 4.78 is 0. The van der Waals surface area contributed by atoms with Crippen molar-refractivity contribution in [2.45, 2.75) is 44.2 Å². The zero-order chi connectivity index (χ0) is 12.1. The van der Waals surface area contributed by atoms with Crippen LogP contribution in [-0.4, -0.2) is 22.2 Å². The van der Waals surface area contributed by atoms with E-state index < -0.39 is 0 Å². The van der Waals surface area contributed by atoms with E-state index >= 15 is 0 Å². The normalized spacial score (nSPS) is 24.8. The lowest BCUT2D eigenvalue weighted by molar-refractivity contribution is 0.282. The first-order valence-corrected chi connectivity index (χ1v) is 7.38. The van der Waals surface area contributed by atoms with E-state index in [0.717, 1.165) is 17.4 Å². The highest BCUT2D eigenvalue weighted by atomic mass is 32.2. The average Bonchev–Trinajstić information content (AvgIpc) is 2.38. The molecule has 0 radical (unpaired) electrons. The SMILES string of the molecule is CC1SCCCC1NCc1ccc(CO)cc1. The summed E-state index contributed by atoms with van der Waals surface area (Å²) in [5.41, 5.74) is 2.28. The van der Waals surface area contributed by atoms with Crippen LogP contribution in [0.1, 0.15) is 30.9 Å². The lowest BCUT2D eigenvalue weighted by atomic mass is 10.1. The summed E-state index contributed by atoms with van der Waals surface area (Å²) in [6, 6.07) is 8.83. The van der Waals surface area contributed by atoms with Crippen molar-refractivity contribution < 1.29 is 5.11 Å². The van der Waals surface area contributed by atoms with Gasteiger partial charge in [0.25, 0.3) is 0 Å². The molecule has 94 valence electrons. The van der Waals surface area contributed by atoms with E-state index in [0.29, 0.717) is 6.04 Å². The predicted molar refractivity (Wildman–Crippen MR) is 74.1 cm³/mol. The van der Waals surface area contributed by atoms with Crippen molar-refractivity contribution in [2.24, 2.45) is 0 Å². The minimum Gasteiger partial charge on any atom is -0.392 e. The third-order valence-corrected chi connectivity index (χ3v) is 4.76. The molecule has 3 heteroatoms. The molecule has 2 nitrogen and oxygen atoms in total. The van der Waals surface area contributed by atoms with Gasteiger partial charge >= 0.3 is 0 Å². The molecule has 0 aromatic heterocycles. The molecule has 0 spiro atoms. The first-order chi connectivity index (χ1) is 8.29. The van der Waals surface area contributed by atoms with Crippen molar-refractivity contribution in [1.29, 1.82) is 0 Å².